The lowest BCUT2D eigenvalue weighted by Gasteiger charge is -2.08. The van der Waals surface area contributed by atoms with Crippen molar-refractivity contribution in [3.63, 3.8) is 0 Å². The molecule has 5 nitrogen and oxygen atoms in total. The Labute approximate surface area is 143 Å². The number of hydrogen-bond donors (Lipinski definition) is 0. The van der Waals surface area contributed by atoms with Gasteiger partial charge in [0.25, 0.3) is 5.56 Å². The van der Waals surface area contributed by atoms with Crippen molar-refractivity contribution in [1.29, 1.82) is 0 Å². The van der Waals surface area contributed by atoms with Crippen LogP contribution >= 0.6 is 11.6 Å². The van der Waals surface area contributed by atoms with Crippen LogP contribution in [0, 0.1) is 6.92 Å². The topological polar surface area (TPSA) is 61.2 Å². The van der Waals surface area contributed by atoms with Crippen molar-refractivity contribution >= 4 is 28.5 Å². The van der Waals surface area contributed by atoms with Crippen molar-refractivity contribution in [3.8, 4) is 0 Å². The molecule has 0 bridgehead atoms. The third-order valence-corrected chi connectivity index (χ3v) is 3.92. The van der Waals surface area contributed by atoms with Crippen LogP contribution in [0.4, 0.5) is 0 Å². The Morgan fingerprint density at radius 1 is 1.21 bits per heavy atom. The van der Waals surface area contributed by atoms with Gasteiger partial charge in [0.05, 0.1) is 17.2 Å². The molecule has 0 N–H and O–H groups in total. The maximum Gasteiger partial charge on any atom is 0.326 e. The lowest BCUT2D eigenvalue weighted by Crippen LogP contribution is -2.25. The van der Waals surface area contributed by atoms with Crippen LogP contribution in [0.3, 0.4) is 0 Å². The SMILES string of the molecule is Cc1cccc2c(=O)n(CC(=O)OCc3ccc(Cl)cc3)cnc12. The molecule has 6 heteroatoms. The van der Waals surface area contributed by atoms with E-state index in [1.54, 1.807) is 36.4 Å². The summed E-state index contributed by atoms with van der Waals surface area (Å²) in [6.45, 7) is 1.84. The van der Waals surface area contributed by atoms with Crippen LogP contribution < -0.4 is 5.56 Å². The quantitative estimate of drug-likeness (QED) is 0.683. The molecule has 0 atom stereocenters. The number of benzene rings is 2. The molecule has 0 aliphatic heterocycles. The second kappa shape index (κ2) is 6.84. The molecule has 24 heavy (non-hydrogen) atoms. The highest BCUT2D eigenvalue weighted by atomic mass is 35.5. The fourth-order valence-corrected chi connectivity index (χ4v) is 2.51. The summed E-state index contributed by atoms with van der Waals surface area (Å²) in [6.07, 6.45) is 1.38. The molecule has 0 aliphatic carbocycles. The molecule has 0 saturated heterocycles. The van der Waals surface area contributed by atoms with E-state index in [9.17, 15) is 9.59 Å². The van der Waals surface area contributed by atoms with E-state index in [1.165, 1.54) is 10.9 Å². The smallest absolute Gasteiger partial charge is 0.326 e. The van der Waals surface area contributed by atoms with Crippen molar-refractivity contribution in [2.24, 2.45) is 0 Å². The first-order valence-corrected chi connectivity index (χ1v) is 7.77. The van der Waals surface area contributed by atoms with Crippen LogP contribution in [0.1, 0.15) is 11.1 Å². The van der Waals surface area contributed by atoms with Gasteiger partial charge in [-0.25, -0.2) is 4.98 Å². The molecule has 2 aromatic carbocycles. The second-order valence-electron chi connectivity index (χ2n) is 5.44. The van der Waals surface area contributed by atoms with E-state index >= 15 is 0 Å². The fraction of sp³-hybridized carbons (Fsp3) is 0.167. The molecule has 3 aromatic rings. The molecular formula is C18H15ClN2O3. The third-order valence-electron chi connectivity index (χ3n) is 3.67. The summed E-state index contributed by atoms with van der Waals surface area (Å²) < 4.78 is 6.45. The maximum atomic E-state index is 12.4. The first-order valence-electron chi connectivity index (χ1n) is 7.39. The van der Waals surface area contributed by atoms with Gasteiger partial charge in [-0.3, -0.25) is 14.2 Å². The number of para-hydroxylation sites is 1. The number of nitrogens with zero attached hydrogens (tertiary/aromatic N) is 2. The van der Waals surface area contributed by atoms with E-state index in [0.717, 1.165) is 11.1 Å². The van der Waals surface area contributed by atoms with Gasteiger partial charge in [0.15, 0.2) is 0 Å². The molecular weight excluding hydrogens is 328 g/mol. The van der Waals surface area contributed by atoms with Crippen molar-refractivity contribution in [3.05, 3.63) is 75.3 Å². The number of ether oxygens (including phenoxy) is 1. The Balaban J connectivity index is 1.72. The minimum Gasteiger partial charge on any atom is -0.459 e. The second-order valence-corrected chi connectivity index (χ2v) is 5.87. The molecule has 1 aromatic heterocycles. The number of carbonyl (C=O) groups excluding carboxylic acids is 1. The highest BCUT2D eigenvalue weighted by Crippen LogP contribution is 2.12. The van der Waals surface area contributed by atoms with E-state index < -0.39 is 5.97 Å². The summed E-state index contributed by atoms with van der Waals surface area (Å²) in [5, 5.41) is 1.11. The Hall–Kier alpha value is -2.66. The lowest BCUT2D eigenvalue weighted by atomic mass is 10.1. The standard InChI is InChI=1S/C18H15ClN2O3/c1-12-3-2-4-15-17(12)20-11-21(18(15)23)9-16(22)24-10-13-5-7-14(19)8-6-13/h2-8,11H,9-10H2,1H3. The summed E-state index contributed by atoms with van der Waals surface area (Å²) in [6, 6.07) is 12.4. The first-order chi connectivity index (χ1) is 11.5. The van der Waals surface area contributed by atoms with E-state index in [1.807, 2.05) is 13.0 Å². The zero-order valence-corrected chi connectivity index (χ0v) is 13.8. The molecule has 1 heterocycles. The van der Waals surface area contributed by atoms with Crippen LogP contribution in [0.2, 0.25) is 5.02 Å². The van der Waals surface area contributed by atoms with E-state index in [0.29, 0.717) is 15.9 Å². The first kappa shape index (κ1) is 16.2. The van der Waals surface area contributed by atoms with Crippen LogP contribution in [0.15, 0.2) is 53.6 Å². The maximum absolute atomic E-state index is 12.4. The molecule has 3 rings (SSSR count). The number of hydrogen-bond acceptors (Lipinski definition) is 4. The Kier molecular flexibility index (Phi) is 4.62. The molecule has 0 unspecified atom stereocenters. The van der Waals surface area contributed by atoms with Gasteiger partial charge in [0.2, 0.25) is 0 Å². The minimum absolute atomic E-state index is 0.130. The Morgan fingerprint density at radius 3 is 2.71 bits per heavy atom. The summed E-state index contributed by atoms with van der Waals surface area (Å²) >= 11 is 5.81. The van der Waals surface area contributed by atoms with Crippen molar-refractivity contribution in [1.82, 2.24) is 9.55 Å². The van der Waals surface area contributed by atoms with Gasteiger partial charge in [-0.15, -0.1) is 0 Å². The zero-order chi connectivity index (χ0) is 17.1. The zero-order valence-electron chi connectivity index (χ0n) is 13.0. The van der Waals surface area contributed by atoms with Gasteiger partial charge in [-0.05, 0) is 36.2 Å². The van der Waals surface area contributed by atoms with Gasteiger partial charge in [0, 0.05) is 5.02 Å². The normalized spacial score (nSPS) is 10.8. The van der Waals surface area contributed by atoms with Crippen LogP contribution in [-0.4, -0.2) is 15.5 Å². The average Bonchev–Trinajstić information content (AvgIpc) is 2.57. The number of esters is 1. The van der Waals surface area contributed by atoms with E-state index in [-0.39, 0.29) is 18.7 Å². The van der Waals surface area contributed by atoms with Gasteiger partial charge < -0.3 is 4.74 Å². The van der Waals surface area contributed by atoms with Crippen LogP contribution in [-0.2, 0) is 22.7 Å². The fourth-order valence-electron chi connectivity index (χ4n) is 2.38. The Bertz CT molecular complexity index is 949. The predicted molar refractivity (Wildman–Crippen MR) is 92.0 cm³/mol. The lowest BCUT2D eigenvalue weighted by molar-refractivity contribution is -0.145. The highest BCUT2D eigenvalue weighted by Gasteiger charge is 2.10. The number of halogens is 1. The van der Waals surface area contributed by atoms with E-state index in [2.05, 4.69) is 4.98 Å². The van der Waals surface area contributed by atoms with Gasteiger partial charge >= 0.3 is 5.97 Å². The summed E-state index contributed by atoms with van der Waals surface area (Å²) in [7, 11) is 0. The monoisotopic (exact) mass is 342 g/mol. The van der Waals surface area contributed by atoms with E-state index in [4.69, 9.17) is 16.3 Å². The van der Waals surface area contributed by atoms with Crippen molar-refractivity contribution in [2.75, 3.05) is 0 Å². The van der Waals surface area contributed by atoms with Gasteiger partial charge in [-0.2, -0.15) is 0 Å². The largest absolute Gasteiger partial charge is 0.459 e. The molecule has 0 saturated carbocycles. The molecule has 0 radical (unpaired) electrons. The third kappa shape index (κ3) is 3.46. The van der Waals surface area contributed by atoms with Gasteiger partial charge in [0.1, 0.15) is 13.2 Å². The molecule has 0 aliphatic rings. The summed E-state index contributed by atoms with van der Waals surface area (Å²) in [5.74, 6) is -0.499. The Morgan fingerprint density at radius 2 is 1.96 bits per heavy atom. The summed E-state index contributed by atoms with van der Waals surface area (Å²) in [5.41, 5.74) is 2.13. The van der Waals surface area contributed by atoms with Crippen LogP contribution in [0.5, 0.6) is 0 Å². The number of rotatable bonds is 4. The molecule has 0 spiro atoms. The molecule has 0 fully saturated rings. The van der Waals surface area contributed by atoms with Gasteiger partial charge in [-0.1, -0.05) is 35.9 Å². The molecule has 122 valence electrons. The van der Waals surface area contributed by atoms with Crippen molar-refractivity contribution < 1.29 is 9.53 Å². The number of fused-ring (bicyclic) bond motifs is 1. The molecule has 0 amide bonds. The van der Waals surface area contributed by atoms with Crippen LogP contribution in [0.25, 0.3) is 10.9 Å². The highest BCUT2D eigenvalue weighted by molar-refractivity contribution is 6.30. The summed E-state index contributed by atoms with van der Waals surface area (Å²) in [4.78, 5) is 28.7. The van der Waals surface area contributed by atoms with Crippen molar-refractivity contribution in [2.45, 2.75) is 20.1 Å². The minimum atomic E-state index is -0.499. The number of aromatic nitrogens is 2. The number of carbonyl (C=O) groups is 1. The number of aryl methyl sites for hydroxylation is 1. The average molecular weight is 343 g/mol. The predicted octanol–water partition coefficient (Wildman–Crippen LogP) is 3.10.